The van der Waals surface area contributed by atoms with Crippen molar-refractivity contribution in [2.24, 2.45) is 0 Å². The molecule has 9 aromatic carbocycles. The molecule has 6 heterocycles. The zero-order valence-corrected chi connectivity index (χ0v) is 30.3. The van der Waals surface area contributed by atoms with Gasteiger partial charge in [-0.2, -0.15) is 0 Å². The van der Waals surface area contributed by atoms with Gasteiger partial charge in [0.15, 0.2) is 0 Å². The molecule has 0 atom stereocenters. The Kier molecular flexibility index (Phi) is 3.85. The molecule has 15 rings (SSSR count). The summed E-state index contributed by atoms with van der Waals surface area (Å²) in [5.74, 6) is 0. The second-order valence-corrected chi connectivity index (χ2v) is 15.3. The van der Waals surface area contributed by atoms with Crippen molar-refractivity contribution < 1.29 is 13.7 Å². The van der Waals surface area contributed by atoms with Crippen LogP contribution in [0.4, 0.5) is 0 Å². The number of hydrogen-bond donors (Lipinski definition) is 0. The van der Waals surface area contributed by atoms with E-state index >= 15 is 0 Å². The second kappa shape index (κ2) is 10.1. The van der Waals surface area contributed by atoms with Crippen LogP contribution in [0.5, 0.6) is 0 Å². The standard InChI is InChI=1S/C54H30N4/c1-3-14-31(15-4-1)55-45-25-12-9-20-39(45)49-48(55)29-41-34-19-8-11-24-44(34)57-47-30-46-40(28-42(47)50(49)52(41)57)36-22-13-21-35-38-27-26-37-33-18-7-10-23-43(33)56(32-16-5-2-6-17-32)53(37)54(38)58(46)51(35)36/h1-30H/i1D,2D,3D,4D,5D,6D,14D,15D,16D,17D. The molecule has 0 amide bonds. The van der Waals surface area contributed by atoms with E-state index in [0.717, 1.165) is 120 Å². The van der Waals surface area contributed by atoms with Crippen molar-refractivity contribution in [3.8, 4) is 11.4 Å². The number of benzene rings is 9. The Balaban J connectivity index is 1.17. The van der Waals surface area contributed by atoms with Crippen LogP contribution < -0.4 is 0 Å². The fourth-order valence-electron chi connectivity index (χ4n) is 10.7. The lowest BCUT2D eigenvalue weighted by molar-refractivity contribution is 1.18. The average Bonchev–Trinajstić information content (AvgIpc) is 4.19. The van der Waals surface area contributed by atoms with Gasteiger partial charge in [0, 0.05) is 76.0 Å². The van der Waals surface area contributed by atoms with Gasteiger partial charge < -0.3 is 17.9 Å². The monoisotopic (exact) mass is 744 g/mol. The maximum Gasteiger partial charge on any atom is 0.0789 e. The number of hydrogen-bond acceptors (Lipinski definition) is 0. The fraction of sp³-hybridized carbons (Fsp3) is 0. The number of rotatable bonds is 2. The number of nitrogens with zero attached hydrogens (tertiary/aromatic N) is 4. The number of para-hydroxylation sites is 6. The summed E-state index contributed by atoms with van der Waals surface area (Å²) in [6.07, 6.45) is 0. The van der Waals surface area contributed by atoms with Gasteiger partial charge in [-0.3, -0.25) is 0 Å². The Morgan fingerprint density at radius 1 is 0.293 bits per heavy atom. The van der Waals surface area contributed by atoms with Crippen molar-refractivity contribution in [1.82, 2.24) is 17.9 Å². The van der Waals surface area contributed by atoms with Crippen molar-refractivity contribution in [3.05, 3.63) is 182 Å². The molecule has 0 bridgehead atoms. The van der Waals surface area contributed by atoms with E-state index in [2.05, 4.69) is 69.5 Å². The Labute approximate surface area is 343 Å². The van der Waals surface area contributed by atoms with Gasteiger partial charge in [0.05, 0.1) is 68.9 Å². The molecule has 0 fully saturated rings. The molecule has 4 nitrogen and oxygen atoms in total. The summed E-state index contributed by atoms with van der Waals surface area (Å²) < 4.78 is 96.7. The lowest BCUT2D eigenvalue weighted by Crippen LogP contribution is -1.95. The van der Waals surface area contributed by atoms with Crippen LogP contribution in [0, 0.1) is 0 Å². The van der Waals surface area contributed by atoms with E-state index in [1.807, 2.05) is 69.8 Å². The van der Waals surface area contributed by atoms with Crippen molar-refractivity contribution in [1.29, 1.82) is 0 Å². The predicted molar refractivity (Wildman–Crippen MR) is 244 cm³/mol. The third-order valence-corrected chi connectivity index (χ3v) is 12.8. The van der Waals surface area contributed by atoms with E-state index < -0.39 is 36.3 Å². The van der Waals surface area contributed by atoms with E-state index in [0.29, 0.717) is 0 Å². The van der Waals surface area contributed by atoms with Gasteiger partial charge in [0.2, 0.25) is 0 Å². The van der Waals surface area contributed by atoms with Gasteiger partial charge in [-0.15, -0.1) is 0 Å². The van der Waals surface area contributed by atoms with Gasteiger partial charge in [0.1, 0.15) is 0 Å². The number of aromatic nitrogens is 4. The molecular formula is C54H30N4. The minimum Gasteiger partial charge on any atom is -0.309 e. The van der Waals surface area contributed by atoms with Crippen LogP contribution in [0.1, 0.15) is 13.7 Å². The Morgan fingerprint density at radius 2 is 0.845 bits per heavy atom. The molecule has 0 spiro atoms. The average molecular weight is 745 g/mol. The Bertz CT molecular complexity index is 4810. The SMILES string of the molecule is [2H]c1c([2H])c([2H])c(-n2c3ccccc3c3c4c5cc6c7cccc8c9ccc%10c%11ccccc%11n(-c%11c([2H])c([2H])c([2H])c([2H])c%11[2H])c%10c9n(c6cc5n5c6ccccc6c(cc32)c45)c78)c([2H])c1[2H]. The van der Waals surface area contributed by atoms with Crippen LogP contribution in [0.15, 0.2) is 182 Å². The highest BCUT2D eigenvalue weighted by atomic mass is 15.0. The van der Waals surface area contributed by atoms with Crippen molar-refractivity contribution >= 4 is 120 Å². The van der Waals surface area contributed by atoms with Gasteiger partial charge in [-0.1, -0.05) is 121 Å². The molecule has 0 radical (unpaired) electrons. The largest absolute Gasteiger partial charge is 0.309 e. The van der Waals surface area contributed by atoms with Gasteiger partial charge in [0.25, 0.3) is 0 Å². The molecule has 0 aliphatic heterocycles. The highest BCUT2D eigenvalue weighted by Gasteiger charge is 2.27. The summed E-state index contributed by atoms with van der Waals surface area (Å²) in [6, 6.07) is 37.6. The predicted octanol–water partition coefficient (Wildman–Crippen LogP) is 14.2. The topological polar surface area (TPSA) is 18.7 Å². The zero-order chi connectivity index (χ0) is 46.1. The van der Waals surface area contributed by atoms with Gasteiger partial charge in [-0.05, 0) is 60.6 Å². The summed E-state index contributed by atoms with van der Waals surface area (Å²) in [5.41, 5.74) is 8.85. The molecule has 4 heteroatoms. The van der Waals surface area contributed by atoms with Crippen molar-refractivity contribution in [2.75, 3.05) is 0 Å². The minimum absolute atomic E-state index is 0.0867. The van der Waals surface area contributed by atoms with Gasteiger partial charge in [-0.25, -0.2) is 0 Å². The maximum absolute atomic E-state index is 9.22. The molecule has 0 unspecified atom stereocenters. The second-order valence-electron chi connectivity index (χ2n) is 15.3. The summed E-state index contributed by atoms with van der Waals surface area (Å²) in [6.45, 7) is 0. The van der Waals surface area contributed by atoms with E-state index in [4.69, 9.17) is 11.0 Å². The third-order valence-electron chi connectivity index (χ3n) is 12.8. The Hall–Kier alpha value is -7.82. The fourth-order valence-corrected chi connectivity index (χ4v) is 10.7. The summed E-state index contributed by atoms with van der Waals surface area (Å²) in [5, 5.41) is 11.6. The van der Waals surface area contributed by atoms with Crippen molar-refractivity contribution in [2.45, 2.75) is 0 Å². The van der Waals surface area contributed by atoms with Gasteiger partial charge >= 0.3 is 0 Å². The van der Waals surface area contributed by atoms with E-state index in [9.17, 15) is 2.74 Å². The first-order valence-corrected chi connectivity index (χ1v) is 19.3. The van der Waals surface area contributed by atoms with Crippen LogP contribution in [-0.4, -0.2) is 17.9 Å². The highest BCUT2D eigenvalue weighted by Crippen LogP contribution is 2.50. The van der Waals surface area contributed by atoms with E-state index in [1.54, 1.807) is 0 Å². The molecular weight excluding hydrogens is 705 g/mol. The minimum atomic E-state index is -0.447. The molecule has 266 valence electrons. The zero-order valence-electron chi connectivity index (χ0n) is 40.3. The van der Waals surface area contributed by atoms with E-state index in [-0.39, 0.29) is 35.5 Å². The van der Waals surface area contributed by atoms with Crippen LogP contribution in [0.25, 0.3) is 131 Å². The molecule has 0 N–H and O–H groups in total. The molecule has 6 aromatic heterocycles. The maximum atomic E-state index is 9.22. The molecule has 0 saturated carbocycles. The molecule has 15 aromatic rings. The number of fused-ring (bicyclic) bond motifs is 20. The summed E-state index contributed by atoms with van der Waals surface area (Å²) >= 11 is 0. The van der Waals surface area contributed by atoms with E-state index in [1.165, 1.54) is 0 Å². The summed E-state index contributed by atoms with van der Waals surface area (Å²) in [7, 11) is 0. The molecule has 0 saturated heterocycles. The van der Waals surface area contributed by atoms with Crippen LogP contribution in [-0.2, 0) is 0 Å². The summed E-state index contributed by atoms with van der Waals surface area (Å²) in [4.78, 5) is 0. The Morgan fingerprint density at radius 3 is 1.59 bits per heavy atom. The lowest BCUT2D eigenvalue weighted by Gasteiger charge is -2.09. The third kappa shape index (κ3) is 3.30. The molecule has 58 heavy (non-hydrogen) atoms. The van der Waals surface area contributed by atoms with Crippen molar-refractivity contribution in [3.63, 3.8) is 0 Å². The van der Waals surface area contributed by atoms with Crippen LogP contribution in [0.3, 0.4) is 0 Å². The molecule has 0 aliphatic carbocycles. The first-order valence-electron chi connectivity index (χ1n) is 24.3. The highest BCUT2D eigenvalue weighted by molar-refractivity contribution is 6.38. The van der Waals surface area contributed by atoms with Crippen LogP contribution in [0.2, 0.25) is 0 Å². The first kappa shape index (κ1) is 22.1. The van der Waals surface area contributed by atoms with Crippen LogP contribution >= 0.6 is 0 Å². The lowest BCUT2D eigenvalue weighted by atomic mass is 10.0. The quantitative estimate of drug-likeness (QED) is 0.168. The smallest absolute Gasteiger partial charge is 0.0789 e. The first-order chi connectivity index (χ1) is 33.0. The normalized spacial score (nSPS) is 15.2. The molecule has 0 aliphatic rings.